The highest BCUT2D eigenvalue weighted by Gasteiger charge is 2.33. The fourth-order valence-electron chi connectivity index (χ4n) is 3.04. The Morgan fingerprint density at radius 1 is 1.42 bits per heavy atom. The third-order valence-corrected chi connectivity index (χ3v) is 3.52. The van der Waals surface area contributed by atoms with Crippen molar-refractivity contribution in [1.29, 1.82) is 0 Å². The molecule has 1 aliphatic carbocycles. The highest BCUT2D eigenvalue weighted by atomic mass is 16.5. The number of carboxylic acids is 1. The number of rotatable bonds is 5. The second-order valence-electron chi connectivity index (χ2n) is 6.46. The summed E-state index contributed by atoms with van der Waals surface area (Å²) in [5.41, 5.74) is 0.231. The molecule has 0 spiro atoms. The van der Waals surface area contributed by atoms with Gasteiger partial charge in [-0.05, 0) is 30.6 Å². The summed E-state index contributed by atoms with van der Waals surface area (Å²) in [5, 5.41) is 11.4. The summed E-state index contributed by atoms with van der Waals surface area (Å²) in [6, 6.07) is -0.960. The number of ether oxygens (including phenoxy) is 1. The van der Waals surface area contributed by atoms with Gasteiger partial charge in [0, 0.05) is 6.92 Å². The first-order valence-electron chi connectivity index (χ1n) is 6.81. The number of hydrogen-bond donors (Lipinski definition) is 2. The zero-order chi connectivity index (χ0) is 14.6. The van der Waals surface area contributed by atoms with Crippen molar-refractivity contribution in [3.8, 4) is 0 Å². The van der Waals surface area contributed by atoms with E-state index in [9.17, 15) is 9.59 Å². The smallest absolute Gasteiger partial charge is 0.328 e. The lowest BCUT2D eigenvalue weighted by Crippen LogP contribution is -2.44. The van der Waals surface area contributed by atoms with Crippen molar-refractivity contribution in [3.63, 3.8) is 0 Å². The normalized spacial score (nSPS) is 27.6. The minimum Gasteiger partial charge on any atom is -0.480 e. The molecule has 0 aliphatic heterocycles. The minimum atomic E-state index is -1.06. The molecule has 1 amide bonds. The Labute approximate surface area is 114 Å². The Bertz CT molecular complexity index is 340. The molecule has 19 heavy (non-hydrogen) atoms. The molecule has 0 heterocycles. The first-order valence-corrected chi connectivity index (χ1v) is 6.81. The number of carbonyl (C=O) groups is 2. The van der Waals surface area contributed by atoms with Crippen LogP contribution in [0.15, 0.2) is 0 Å². The molecule has 0 aromatic carbocycles. The Morgan fingerprint density at radius 2 is 2.05 bits per heavy atom. The van der Waals surface area contributed by atoms with E-state index in [1.54, 1.807) is 0 Å². The molecule has 0 saturated heterocycles. The number of aliphatic carboxylic acids is 1. The van der Waals surface area contributed by atoms with Gasteiger partial charge in [0.15, 0.2) is 6.04 Å². The summed E-state index contributed by atoms with van der Waals surface area (Å²) in [6.07, 6.45) is 3.13. The van der Waals surface area contributed by atoms with Crippen molar-refractivity contribution in [2.75, 3.05) is 6.61 Å². The second kappa shape index (κ2) is 6.37. The van der Waals surface area contributed by atoms with Crippen LogP contribution in [-0.4, -0.2) is 35.7 Å². The van der Waals surface area contributed by atoms with Crippen LogP contribution < -0.4 is 5.32 Å². The van der Waals surface area contributed by atoms with Crippen molar-refractivity contribution >= 4 is 11.9 Å². The minimum absolute atomic E-state index is 0.0301. The Balaban J connectivity index is 2.49. The lowest BCUT2D eigenvalue weighted by atomic mass is 9.71. The third kappa shape index (κ3) is 5.59. The molecule has 1 fully saturated rings. The molecule has 5 heteroatoms. The molecule has 1 saturated carbocycles. The maximum Gasteiger partial charge on any atom is 0.328 e. The molecule has 110 valence electrons. The van der Waals surface area contributed by atoms with E-state index in [1.807, 2.05) is 0 Å². The van der Waals surface area contributed by atoms with Gasteiger partial charge in [-0.25, -0.2) is 4.79 Å². The van der Waals surface area contributed by atoms with Crippen molar-refractivity contribution < 1.29 is 19.4 Å². The van der Waals surface area contributed by atoms with Crippen LogP contribution in [0.5, 0.6) is 0 Å². The van der Waals surface area contributed by atoms with Gasteiger partial charge in [-0.3, -0.25) is 4.79 Å². The van der Waals surface area contributed by atoms with Gasteiger partial charge >= 0.3 is 5.97 Å². The molecule has 1 aliphatic rings. The van der Waals surface area contributed by atoms with Gasteiger partial charge in [-0.15, -0.1) is 0 Å². The lowest BCUT2D eigenvalue weighted by molar-refractivity contribution is -0.144. The van der Waals surface area contributed by atoms with Crippen LogP contribution >= 0.6 is 0 Å². The van der Waals surface area contributed by atoms with Crippen molar-refractivity contribution in [2.24, 2.45) is 11.3 Å². The van der Waals surface area contributed by atoms with Gasteiger partial charge in [-0.2, -0.15) is 0 Å². The van der Waals surface area contributed by atoms with Gasteiger partial charge in [-0.1, -0.05) is 20.8 Å². The van der Waals surface area contributed by atoms with E-state index < -0.39 is 12.0 Å². The summed E-state index contributed by atoms with van der Waals surface area (Å²) in [4.78, 5) is 21.9. The fraction of sp³-hybridized carbons (Fsp3) is 0.857. The first-order chi connectivity index (χ1) is 8.69. The molecular formula is C14H25NO4. The van der Waals surface area contributed by atoms with Gasteiger partial charge in [0.25, 0.3) is 0 Å². The molecule has 0 aromatic rings. The van der Waals surface area contributed by atoms with Crippen LogP contribution in [0.3, 0.4) is 0 Å². The average molecular weight is 271 g/mol. The van der Waals surface area contributed by atoms with Gasteiger partial charge in [0.2, 0.25) is 5.91 Å². The average Bonchev–Trinajstić information content (AvgIpc) is 2.20. The van der Waals surface area contributed by atoms with Crippen LogP contribution in [0.25, 0.3) is 0 Å². The summed E-state index contributed by atoms with van der Waals surface area (Å²) < 4.78 is 5.72. The summed E-state index contributed by atoms with van der Waals surface area (Å²) in [5.74, 6) is -0.829. The molecular weight excluding hydrogens is 246 g/mol. The van der Waals surface area contributed by atoms with E-state index in [1.165, 1.54) is 13.3 Å². The maximum atomic E-state index is 11.0. The summed E-state index contributed by atoms with van der Waals surface area (Å²) in [6.45, 7) is 7.95. The highest BCUT2D eigenvalue weighted by Crippen LogP contribution is 2.39. The van der Waals surface area contributed by atoms with E-state index >= 15 is 0 Å². The quantitative estimate of drug-likeness (QED) is 0.799. The van der Waals surface area contributed by atoms with E-state index in [4.69, 9.17) is 9.84 Å². The van der Waals surface area contributed by atoms with Gasteiger partial charge in [0.1, 0.15) is 0 Å². The number of nitrogens with one attached hydrogen (secondary N) is 1. The predicted octanol–water partition coefficient (Wildman–Crippen LogP) is 1.81. The summed E-state index contributed by atoms with van der Waals surface area (Å²) >= 11 is 0. The number of hydrogen-bond acceptors (Lipinski definition) is 3. The predicted molar refractivity (Wildman–Crippen MR) is 71.8 cm³/mol. The van der Waals surface area contributed by atoms with E-state index in [2.05, 4.69) is 26.1 Å². The zero-order valence-electron chi connectivity index (χ0n) is 12.2. The molecule has 0 aromatic heterocycles. The molecule has 3 unspecified atom stereocenters. The van der Waals surface area contributed by atoms with Crippen LogP contribution in [0.4, 0.5) is 0 Å². The fourth-order valence-corrected chi connectivity index (χ4v) is 3.04. The Kier molecular flexibility index (Phi) is 5.35. The van der Waals surface area contributed by atoms with Gasteiger partial charge in [0.05, 0.1) is 12.7 Å². The molecule has 0 bridgehead atoms. The van der Waals surface area contributed by atoms with Crippen LogP contribution in [0.1, 0.15) is 47.0 Å². The van der Waals surface area contributed by atoms with Crippen LogP contribution in [0, 0.1) is 11.3 Å². The standard InChI is InChI=1S/C14H25NO4/c1-9-5-11(7-14(3,4)6-9)19-8-12(13(17)18)15-10(2)16/h9,11-12H,5-8H2,1-4H3,(H,15,16)(H,17,18). The highest BCUT2D eigenvalue weighted by molar-refractivity contribution is 5.82. The molecule has 1 rings (SSSR count). The number of amides is 1. The molecule has 2 N–H and O–H groups in total. The van der Waals surface area contributed by atoms with Crippen LogP contribution in [-0.2, 0) is 14.3 Å². The number of carbonyl (C=O) groups excluding carboxylic acids is 1. The SMILES string of the molecule is CC(=O)NC(COC1CC(C)CC(C)(C)C1)C(=O)O. The topological polar surface area (TPSA) is 75.6 Å². The monoisotopic (exact) mass is 271 g/mol. The van der Waals surface area contributed by atoms with E-state index in [0.29, 0.717) is 5.92 Å². The second-order valence-corrected chi connectivity index (χ2v) is 6.46. The molecule has 0 radical (unpaired) electrons. The van der Waals surface area contributed by atoms with Gasteiger partial charge < -0.3 is 15.2 Å². The van der Waals surface area contributed by atoms with Crippen molar-refractivity contribution in [3.05, 3.63) is 0 Å². The maximum absolute atomic E-state index is 11.0. The summed E-state index contributed by atoms with van der Waals surface area (Å²) in [7, 11) is 0. The van der Waals surface area contributed by atoms with E-state index in [0.717, 1.165) is 12.8 Å². The third-order valence-electron chi connectivity index (χ3n) is 3.52. The Hall–Kier alpha value is -1.10. The van der Waals surface area contributed by atoms with E-state index in [-0.39, 0.29) is 24.0 Å². The zero-order valence-corrected chi connectivity index (χ0v) is 12.2. The number of carboxylic acid groups (broad SMARTS) is 1. The van der Waals surface area contributed by atoms with Crippen molar-refractivity contribution in [2.45, 2.75) is 59.1 Å². The lowest BCUT2D eigenvalue weighted by Gasteiger charge is -2.39. The molecule has 5 nitrogen and oxygen atoms in total. The largest absolute Gasteiger partial charge is 0.480 e. The van der Waals surface area contributed by atoms with Crippen molar-refractivity contribution in [1.82, 2.24) is 5.32 Å². The van der Waals surface area contributed by atoms with Crippen LogP contribution in [0.2, 0.25) is 0 Å². The Morgan fingerprint density at radius 3 is 2.53 bits per heavy atom. The first kappa shape index (κ1) is 16.0. The molecule has 3 atom stereocenters.